The Morgan fingerprint density at radius 2 is 2.07 bits per heavy atom. The number of hydrogen-bond acceptors (Lipinski definition) is 1. The second kappa shape index (κ2) is 3.13. The van der Waals surface area contributed by atoms with Crippen molar-refractivity contribution in [2.75, 3.05) is 0 Å². The van der Waals surface area contributed by atoms with Crippen molar-refractivity contribution < 1.29 is 4.74 Å². The summed E-state index contributed by atoms with van der Waals surface area (Å²) in [6.45, 7) is 2.05. The van der Waals surface area contributed by atoms with Crippen LogP contribution in [0.5, 0.6) is 0 Å². The van der Waals surface area contributed by atoms with Crippen LogP contribution in [0.3, 0.4) is 0 Å². The Hall–Kier alpha value is -1.24. The van der Waals surface area contributed by atoms with Crippen molar-refractivity contribution in [1.82, 2.24) is 0 Å². The van der Waals surface area contributed by atoms with Gasteiger partial charge in [0.1, 0.15) is 11.9 Å². The van der Waals surface area contributed by atoms with E-state index in [4.69, 9.17) is 4.74 Å². The molecule has 0 amide bonds. The SMILES string of the molecule is C/C=C(\OC1CC12CC2)c1ccccc1. The molecular weight excluding hydrogens is 184 g/mol. The number of benzene rings is 1. The molecule has 2 aliphatic carbocycles. The lowest BCUT2D eigenvalue weighted by atomic mass is 10.2. The van der Waals surface area contributed by atoms with Crippen molar-refractivity contribution in [2.24, 2.45) is 5.41 Å². The second-order valence-corrected chi connectivity index (χ2v) is 4.69. The van der Waals surface area contributed by atoms with Gasteiger partial charge in [-0.05, 0) is 32.3 Å². The van der Waals surface area contributed by atoms with Gasteiger partial charge in [-0.3, -0.25) is 0 Å². The molecule has 2 aliphatic rings. The summed E-state index contributed by atoms with van der Waals surface area (Å²) in [5.74, 6) is 1.05. The molecule has 1 heteroatoms. The minimum atomic E-state index is 0.504. The van der Waals surface area contributed by atoms with Crippen LogP contribution < -0.4 is 0 Å². The number of allylic oxidation sites excluding steroid dienone is 1. The molecule has 0 bridgehead atoms. The average molecular weight is 200 g/mol. The molecule has 15 heavy (non-hydrogen) atoms. The minimum Gasteiger partial charge on any atom is -0.490 e. The van der Waals surface area contributed by atoms with Gasteiger partial charge >= 0.3 is 0 Å². The topological polar surface area (TPSA) is 9.23 Å². The zero-order valence-corrected chi connectivity index (χ0v) is 9.07. The molecule has 2 fully saturated rings. The first-order chi connectivity index (χ1) is 7.34. The molecule has 78 valence electrons. The van der Waals surface area contributed by atoms with E-state index in [1.165, 1.54) is 24.8 Å². The maximum atomic E-state index is 6.04. The van der Waals surface area contributed by atoms with Gasteiger partial charge in [0.15, 0.2) is 0 Å². The van der Waals surface area contributed by atoms with Crippen molar-refractivity contribution in [3.8, 4) is 0 Å². The molecule has 0 aliphatic heterocycles. The highest BCUT2D eigenvalue weighted by Gasteiger charge is 2.65. The summed E-state index contributed by atoms with van der Waals surface area (Å²) in [5, 5.41) is 0. The monoisotopic (exact) mass is 200 g/mol. The second-order valence-electron chi connectivity index (χ2n) is 4.69. The van der Waals surface area contributed by atoms with Crippen LogP contribution in [0.4, 0.5) is 0 Å². The van der Waals surface area contributed by atoms with E-state index in [2.05, 4.69) is 30.3 Å². The lowest BCUT2D eigenvalue weighted by molar-refractivity contribution is 0.240. The van der Waals surface area contributed by atoms with Gasteiger partial charge in [-0.1, -0.05) is 30.3 Å². The van der Waals surface area contributed by atoms with Crippen LogP contribution in [-0.4, -0.2) is 6.10 Å². The molecule has 1 aromatic carbocycles. The highest BCUT2D eigenvalue weighted by atomic mass is 16.5. The van der Waals surface area contributed by atoms with E-state index >= 15 is 0 Å². The predicted octanol–water partition coefficient (Wildman–Crippen LogP) is 3.62. The largest absolute Gasteiger partial charge is 0.490 e. The van der Waals surface area contributed by atoms with Crippen molar-refractivity contribution >= 4 is 5.76 Å². The molecule has 1 unspecified atom stereocenters. The lowest BCUT2D eigenvalue weighted by Crippen LogP contribution is -1.97. The van der Waals surface area contributed by atoms with Crippen molar-refractivity contribution in [2.45, 2.75) is 32.3 Å². The van der Waals surface area contributed by atoms with Crippen LogP contribution in [0, 0.1) is 5.41 Å². The normalized spacial score (nSPS) is 26.5. The summed E-state index contributed by atoms with van der Waals surface area (Å²) in [6.07, 6.45) is 6.61. The van der Waals surface area contributed by atoms with Crippen LogP contribution in [0.2, 0.25) is 0 Å². The fraction of sp³-hybridized carbons (Fsp3) is 0.429. The third-order valence-corrected chi connectivity index (χ3v) is 3.60. The quantitative estimate of drug-likeness (QED) is 0.677. The number of rotatable bonds is 3. The van der Waals surface area contributed by atoms with Crippen LogP contribution >= 0.6 is 0 Å². The molecular formula is C14H16O. The van der Waals surface area contributed by atoms with Crippen molar-refractivity contribution in [3.05, 3.63) is 42.0 Å². The van der Waals surface area contributed by atoms with Crippen LogP contribution in [0.25, 0.3) is 5.76 Å². The molecule has 0 radical (unpaired) electrons. The Kier molecular flexibility index (Phi) is 1.88. The fourth-order valence-corrected chi connectivity index (χ4v) is 2.22. The third kappa shape index (κ3) is 1.56. The molecule has 0 saturated heterocycles. The van der Waals surface area contributed by atoms with Gasteiger partial charge in [-0.15, -0.1) is 0 Å². The van der Waals surface area contributed by atoms with E-state index in [0.717, 1.165) is 5.76 Å². The molecule has 1 atom stereocenters. The van der Waals surface area contributed by atoms with E-state index in [1.54, 1.807) is 0 Å². The summed E-state index contributed by atoms with van der Waals surface area (Å²) in [5.41, 5.74) is 1.81. The zero-order valence-electron chi connectivity index (χ0n) is 9.07. The van der Waals surface area contributed by atoms with Crippen molar-refractivity contribution in [1.29, 1.82) is 0 Å². The number of ether oxygens (including phenoxy) is 1. The van der Waals surface area contributed by atoms with Crippen LogP contribution in [-0.2, 0) is 4.74 Å². The highest BCUT2D eigenvalue weighted by molar-refractivity contribution is 5.59. The summed E-state index contributed by atoms with van der Waals surface area (Å²) in [7, 11) is 0. The zero-order chi connectivity index (χ0) is 10.3. The first kappa shape index (κ1) is 9.02. The average Bonchev–Trinajstić information content (AvgIpc) is 3.19. The molecule has 0 N–H and O–H groups in total. The van der Waals surface area contributed by atoms with Gasteiger partial charge in [0, 0.05) is 11.0 Å². The molecule has 1 aromatic rings. The van der Waals surface area contributed by atoms with Gasteiger partial charge in [0.05, 0.1) is 0 Å². The summed E-state index contributed by atoms with van der Waals surface area (Å²) in [6, 6.07) is 10.4. The first-order valence-corrected chi connectivity index (χ1v) is 5.72. The first-order valence-electron chi connectivity index (χ1n) is 5.72. The maximum Gasteiger partial charge on any atom is 0.122 e. The fourth-order valence-electron chi connectivity index (χ4n) is 2.22. The molecule has 1 spiro atoms. The van der Waals surface area contributed by atoms with E-state index in [1.807, 2.05) is 13.0 Å². The summed E-state index contributed by atoms with van der Waals surface area (Å²) >= 11 is 0. The lowest BCUT2D eigenvalue weighted by Gasteiger charge is -2.09. The minimum absolute atomic E-state index is 0.504. The Bertz CT molecular complexity index is 387. The smallest absolute Gasteiger partial charge is 0.122 e. The molecule has 1 nitrogen and oxygen atoms in total. The van der Waals surface area contributed by atoms with Gasteiger partial charge in [-0.2, -0.15) is 0 Å². The summed E-state index contributed by atoms with van der Waals surface area (Å²) < 4.78 is 6.04. The molecule has 2 saturated carbocycles. The Labute approximate surface area is 90.8 Å². The van der Waals surface area contributed by atoms with Crippen LogP contribution in [0.1, 0.15) is 31.7 Å². The van der Waals surface area contributed by atoms with Gasteiger partial charge < -0.3 is 4.74 Å². The number of hydrogen-bond donors (Lipinski definition) is 0. The maximum absolute atomic E-state index is 6.04. The Morgan fingerprint density at radius 1 is 1.33 bits per heavy atom. The van der Waals surface area contributed by atoms with E-state index in [0.29, 0.717) is 11.5 Å². The Balaban J connectivity index is 1.73. The highest BCUT2D eigenvalue weighted by Crippen LogP contribution is 2.68. The Morgan fingerprint density at radius 3 is 2.60 bits per heavy atom. The third-order valence-electron chi connectivity index (χ3n) is 3.60. The standard InChI is InChI=1S/C14H16O/c1-2-12(11-6-4-3-5-7-11)15-13-10-14(13)8-9-14/h2-7,13H,8-10H2,1H3/b12-2-. The van der Waals surface area contributed by atoms with Gasteiger partial charge in [0.25, 0.3) is 0 Å². The van der Waals surface area contributed by atoms with E-state index in [9.17, 15) is 0 Å². The van der Waals surface area contributed by atoms with E-state index < -0.39 is 0 Å². The molecule has 3 rings (SSSR count). The van der Waals surface area contributed by atoms with Gasteiger partial charge in [0.2, 0.25) is 0 Å². The molecule has 0 heterocycles. The summed E-state index contributed by atoms with van der Waals surface area (Å²) in [4.78, 5) is 0. The van der Waals surface area contributed by atoms with E-state index in [-0.39, 0.29) is 0 Å². The van der Waals surface area contributed by atoms with Gasteiger partial charge in [-0.25, -0.2) is 0 Å². The van der Waals surface area contributed by atoms with Crippen molar-refractivity contribution in [3.63, 3.8) is 0 Å². The molecule has 0 aromatic heterocycles. The van der Waals surface area contributed by atoms with Crippen LogP contribution in [0.15, 0.2) is 36.4 Å². The predicted molar refractivity (Wildman–Crippen MR) is 61.3 cm³/mol.